The van der Waals surface area contributed by atoms with Crippen LogP contribution in [0.3, 0.4) is 0 Å². The van der Waals surface area contributed by atoms with Crippen LogP contribution in [-0.2, 0) is 19.0 Å². The molecule has 5 heteroatoms. The summed E-state index contributed by atoms with van der Waals surface area (Å²) in [6, 6.07) is 0. The van der Waals surface area contributed by atoms with E-state index >= 15 is 0 Å². The second-order valence-corrected chi connectivity index (χ2v) is 3.18. The maximum absolute atomic E-state index is 10.8. The van der Waals surface area contributed by atoms with E-state index in [0.717, 1.165) is 0 Å². The zero-order valence-corrected chi connectivity index (χ0v) is 7.95. The first-order chi connectivity index (χ1) is 6.58. The summed E-state index contributed by atoms with van der Waals surface area (Å²) in [6.45, 7) is 5.97. The Balaban J connectivity index is 2.38. The van der Waals surface area contributed by atoms with Gasteiger partial charge < -0.3 is 14.2 Å². The van der Waals surface area contributed by atoms with E-state index in [-0.39, 0.29) is 0 Å². The van der Waals surface area contributed by atoms with E-state index in [1.54, 1.807) is 6.92 Å². The summed E-state index contributed by atoms with van der Waals surface area (Å²) in [7, 11) is 0. The van der Waals surface area contributed by atoms with Crippen molar-refractivity contribution in [3.05, 3.63) is 12.3 Å². The predicted octanol–water partition coefficient (Wildman–Crippen LogP) is 1.38. The minimum Gasteiger partial charge on any atom is -0.468 e. The van der Waals surface area contributed by atoms with Gasteiger partial charge in [0.05, 0.1) is 6.61 Å². The lowest BCUT2D eigenvalue weighted by Gasteiger charge is -2.19. The van der Waals surface area contributed by atoms with Crippen LogP contribution in [-0.4, -0.2) is 24.8 Å². The molecule has 1 unspecified atom stereocenters. The van der Waals surface area contributed by atoms with E-state index < -0.39 is 11.8 Å². The third kappa shape index (κ3) is 2.25. The van der Waals surface area contributed by atoms with Crippen molar-refractivity contribution in [1.29, 1.82) is 0 Å². The van der Waals surface area contributed by atoms with Crippen LogP contribution in [0.4, 0.5) is 4.79 Å². The lowest BCUT2D eigenvalue weighted by molar-refractivity contribution is -0.129. The Labute approximate surface area is 81.6 Å². The normalized spacial score (nSPS) is 25.5. The van der Waals surface area contributed by atoms with Crippen LogP contribution in [0.1, 0.15) is 19.8 Å². The highest BCUT2D eigenvalue weighted by Crippen LogP contribution is 2.33. The van der Waals surface area contributed by atoms with Crippen molar-refractivity contribution in [2.45, 2.75) is 25.4 Å². The number of ether oxygens (including phenoxy) is 3. The Kier molecular flexibility index (Phi) is 3.11. The molecule has 5 nitrogen and oxygen atoms in total. The molecule has 0 radical (unpaired) electrons. The van der Waals surface area contributed by atoms with Crippen molar-refractivity contribution in [3.8, 4) is 0 Å². The van der Waals surface area contributed by atoms with Gasteiger partial charge in [-0.3, -0.25) is 4.79 Å². The molecular formula is C9H12O5. The summed E-state index contributed by atoms with van der Waals surface area (Å²) >= 11 is 0. The maximum atomic E-state index is 10.8. The van der Waals surface area contributed by atoms with Gasteiger partial charge in [0, 0.05) is 0 Å². The van der Waals surface area contributed by atoms with Crippen molar-refractivity contribution in [3.63, 3.8) is 0 Å². The maximum Gasteiger partial charge on any atom is 0.514 e. The van der Waals surface area contributed by atoms with Gasteiger partial charge in [-0.1, -0.05) is 6.58 Å². The average Bonchev–Trinajstić information content (AvgIpc) is 2.36. The molecule has 1 saturated heterocycles. The zero-order chi connectivity index (χ0) is 10.6. The van der Waals surface area contributed by atoms with E-state index in [4.69, 9.17) is 4.74 Å². The topological polar surface area (TPSA) is 61.8 Å². The molecule has 0 amide bonds. The molecule has 0 saturated carbocycles. The van der Waals surface area contributed by atoms with E-state index in [0.29, 0.717) is 31.7 Å². The number of rotatable bonds is 5. The van der Waals surface area contributed by atoms with Gasteiger partial charge in [-0.05, 0) is 19.8 Å². The molecule has 1 heterocycles. The van der Waals surface area contributed by atoms with Crippen LogP contribution in [0.25, 0.3) is 0 Å². The average molecular weight is 200 g/mol. The van der Waals surface area contributed by atoms with Gasteiger partial charge in [0.15, 0.2) is 5.60 Å². The van der Waals surface area contributed by atoms with Crippen LogP contribution >= 0.6 is 0 Å². The lowest BCUT2D eigenvalue weighted by Crippen LogP contribution is -2.25. The van der Waals surface area contributed by atoms with Crippen molar-refractivity contribution in [1.82, 2.24) is 0 Å². The molecule has 1 fully saturated rings. The fourth-order valence-electron chi connectivity index (χ4n) is 1.20. The van der Waals surface area contributed by atoms with E-state index in [9.17, 15) is 9.59 Å². The Morgan fingerprint density at radius 3 is 2.86 bits per heavy atom. The summed E-state index contributed by atoms with van der Waals surface area (Å²) in [5, 5.41) is 0. The Morgan fingerprint density at radius 1 is 1.64 bits per heavy atom. The van der Waals surface area contributed by atoms with Crippen molar-refractivity contribution < 1.29 is 23.8 Å². The fraction of sp³-hybridized carbons (Fsp3) is 0.556. The highest BCUT2D eigenvalue weighted by molar-refractivity contribution is 5.66. The quantitative estimate of drug-likeness (QED) is 0.381. The van der Waals surface area contributed by atoms with Gasteiger partial charge in [-0.15, -0.1) is 0 Å². The minimum atomic E-state index is -0.788. The Bertz CT molecular complexity index is 260. The van der Waals surface area contributed by atoms with Gasteiger partial charge in [-0.25, -0.2) is 4.79 Å². The number of carbonyl (C=O) groups is 2. The highest BCUT2D eigenvalue weighted by Gasteiger charge is 2.41. The van der Waals surface area contributed by atoms with Crippen LogP contribution in [0.15, 0.2) is 12.3 Å². The van der Waals surface area contributed by atoms with E-state index in [2.05, 4.69) is 16.1 Å². The number of hydrogen-bond donors (Lipinski definition) is 0. The largest absolute Gasteiger partial charge is 0.514 e. The molecule has 0 aromatic heterocycles. The lowest BCUT2D eigenvalue weighted by atomic mass is 9.99. The van der Waals surface area contributed by atoms with Crippen LogP contribution in [0.5, 0.6) is 0 Å². The second-order valence-electron chi connectivity index (χ2n) is 3.18. The predicted molar refractivity (Wildman–Crippen MR) is 46.4 cm³/mol. The molecule has 0 N–H and O–H groups in total. The Hall–Kier alpha value is -1.52. The minimum absolute atomic E-state index is 0.296. The smallest absolute Gasteiger partial charge is 0.468 e. The molecule has 0 aliphatic carbocycles. The second kappa shape index (κ2) is 4.13. The molecule has 1 atom stereocenters. The van der Waals surface area contributed by atoms with Crippen LogP contribution < -0.4 is 0 Å². The molecule has 0 aromatic carbocycles. The molecular weight excluding hydrogens is 188 g/mol. The third-order valence-electron chi connectivity index (χ3n) is 2.09. The summed E-state index contributed by atoms with van der Waals surface area (Å²) < 4.78 is 14.1. The molecule has 1 aliphatic rings. The summed E-state index contributed by atoms with van der Waals surface area (Å²) in [4.78, 5) is 20.6. The van der Waals surface area contributed by atoms with Gasteiger partial charge >= 0.3 is 6.16 Å². The van der Waals surface area contributed by atoms with Gasteiger partial charge in [-0.2, -0.15) is 0 Å². The summed E-state index contributed by atoms with van der Waals surface area (Å²) in [5.74, 6) is 0.300. The number of cyclic esters (lactones) is 2. The van der Waals surface area contributed by atoms with Crippen molar-refractivity contribution in [2.24, 2.45) is 0 Å². The van der Waals surface area contributed by atoms with Crippen LogP contribution in [0, 0.1) is 0 Å². The Morgan fingerprint density at radius 2 is 2.36 bits per heavy atom. The first-order valence-corrected chi connectivity index (χ1v) is 4.24. The highest BCUT2D eigenvalue weighted by atomic mass is 16.8. The molecule has 0 spiro atoms. The summed E-state index contributed by atoms with van der Waals surface area (Å²) in [5.41, 5.74) is -0.788. The van der Waals surface area contributed by atoms with Crippen molar-refractivity contribution in [2.75, 3.05) is 6.61 Å². The standard InChI is InChI=1S/C9H12O5/c1-7-9(2,14-8(11)13-7)4-3-5-12-6-10/h6H,1,3-5H2,2H3. The van der Waals surface area contributed by atoms with Gasteiger partial charge in [0.1, 0.15) is 5.76 Å². The molecule has 1 rings (SSSR count). The van der Waals surface area contributed by atoms with Gasteiger partial charge in [0.25, 0.3) is 6.47 Å². The number of carbonyl (C=O) groups excluding carboxylic acids is 2. The van der Waals surface area contributed by atoms with Crippen LogP contribution in [0.2, 0.25) is 0 Å². The molecule has 78 valence electrons. The molecule has 0 aromatic rings. The van der Waals surface area contributed by atoms with Gasteiger partial charge in [0.2, 0.25) is 0 Å². The third-order valence-corrected chi connectivity index (χ3v) is 2.09. The SMILES string of the molecule is C=C1OC(=O)OC1(C)CCCOC=O. The molecule has 0 bridgehead atoms. The first kappa shape index (κ1) is 10.6. The molecule has 14 heavy (non-hydrogen) atoms. The first-order valence-electron chi connectivity index (χ1n) is 4.24. The monoisotopic (exact) mass is 200 g/mol. The summed E-state index contributed by atoms with van der Waals surface area (Å²) in [6.07, 6.45) is 0.379. The molecule has 1 aliphatic heterocycles. The van der Waals surface area contributed by atoms with E-state index in [1.165, 1.54) is 0 Å². The van der Waals surface area contributed by atoms with E-state index in [1.807, 2.05) is 0 Å². The van der Waals surface area contributed by atoms with Crippen molar-refractivity contribution >= 4 is 12.6 Å². The fourth-order valence-corrected chi connectivity index (χ4v) is 1.20. The number of hydrogen-bond acceptors (Lipinski definition) is 5. The zero-order valence-electron chi connectivity index (χ0n) is 7.95.